The molecule has 5 heteroatoms. The maximum Gasteiger partial charge on any atom is 0.326 e. The van der Waals surface area contributed by atoms with E-state index in [9.17, 15) is 9.59 Å². The van der Waals surface area contributed by atoms with Crippen LogP contribution < -0.4 is 16.6 Å². The van der Waals surface area contributed by atoms with E-state index < -0.39 is 11.2 Å². The van der Waals surface area contributed by atoms with Crippen LogP contribution >= 0.6 is 0 Å². The lowest BCUT2D eigenvalue weighted by atomic mass is 10.2. The Labute approximate surface area is 97.5 Å². The number of hydrogen-bond donors (Lipinski definition) is 3. The second kappa shape index (κ2) is 4.69. The number of aromatic nitrogens is 2. The molecule has 0 amide bonds. The van der Waals surface area contributed by atoms with Gasteiger partial charge in [0.2, 0.25) is 0 Å². The second-order valence-electron chi connectivity index (χ2n) is 3.75. The van der Waals surface area contributed by atoms with E-state index in [-0.39, 0.29) is 0 Å². The van der Waals surface area contributed by atoms with E-state index >= 15 is 0 Å². The van der Waals surface area contributed by atoms with Gasteiger partial charge in [0.25, 0.3) is 5.56 Å². The molecule has 0 unspecified atom stereocenters. The number of hydrogen-bond acceptors (Lipinski definition) is 3. The van der Waals surface area contributed by atoms with Crippen LogP contribution in [0.15, 0.2) is 39.9 Å². The number of nitrogens with one attached hydrogen (secondary N) is 3. The van der Waals surface area contributed by atoms with Crippen molar-refractivity contribution in [2.75, 3.05) is 5.32 Å². The monoisotopic (exact) mass is 231 g/mol. The molecular weight excluding hydrogens is 218 g/mol. The molecule has 5 nitrogen and oxygen atoms in total. The fourth-order valence-electron chi connectivity index (χ4n) is 1.60. The van der Waals surface area contributed by atoms with Gasteiger partial charge in [0.15, 0.2) is 0 Å². The zero-order valence-electron chi connectivity index (χ0n) is 9.41. The number of H-pyrrole nitrogens is 2. The summed E-state index contributed by atoms with van der Waals surface area (Å²) in [5.41, 5.74) is 1.11. The first-order chi connectivity index (χ1) is 8.16. The molecule has 0 saturated heterocycles. The first-order valence-electron chi connectivity index (χ1n) is 5.28. The van der Waals surface area contributed by atoms with E-state index in [0.29, 0.717) is 17.9 Å². The lowest BCUT2D eigenvalue weighted by Crippen LogP contribution is -2.26. The summed E-state index contributed by atoms with van der Waals surface area (Å²) in [5.74, 6) is 0. The van der Waals surface area contributed by atoms with Gasteiger partial charge in [0.05, 0.1) is 0 Å². The zero-order valence-corrected chi connectivity index (χ0v) is 9.41. The van der Waals surface area contributed by atoms with Gasteiger partial charge < -0.3 is 10.3 Å². The largest absolute Gasteiger partial charge is 0.375 e. The average molecular weight is 231 g/mol. The number of aryl methyl sites for hydroxylation is 1. The molecule has 88 valence electrons. The molecule has 0 aliphatic rings. The van der Waals surface area contributed by atoms with Crippen LogP contribution in [0.25, 0.3) is 0 Å². The van der Waals surface area contributed by atoms with E-state index in [2.05, 4.69) is 15.3 Å². The minimum Gasteiger partial charge on any atom is -0.375 e. The van der Waals surface area contributed by atoms with Crippen molar-refractivity contribution in [1.29, 1.82) is 0 Å². The van der Waals surface area contributed by atoms with Crippen LogP contribution in [0.1, 0.15) is 11.3 Å². The smallest absolute Gasteiger partial charge is 0.326 e. The van der Waals surface area contributed by atoms with Crippen LogP contribution in [0.2, 0.25) is 0 Å². The van der Waals surface area contributed by atoms with Crippen LogP contribution in [0.4, 0.5) is 5.69 Å². The molecule has 0 bridgehead atoms. The average Bonchev–Trinajstić information content (AvgIpc) is 2.29. The minimum absolute atomic E-state index is 0.397. The molecule has 0 aliphatic carbocycles. The molecule has 3 N–H and O–H groups in total. The summed E-state index contributed by atoms with van der Waals surface area (Å²) in [6.45, 7) is 2.22. The van der Waals surface area contributed by atoms with Crippen LogP contribution in [0, 0.1) is 6.92 Å². The van der Waals surface area contributed by atoms with Crippen LogP contribution in [-0.2, 0) is 6.54 Å². The predicted octanol–water partition coefficient (Wildman–Crippen LogP) is 0.984. The molecule has 1 heterocycles. The normalized spacial score (nSPS) is 10.2. The van der Waals surface area contributed by atoms with Crippen molar-refractivity contribution in [3.63, 3.8) is 0 Å². The Hall–Kier alpha value is -2.30. The van der Waals surface area contributed by atoms with Gasteiger partial charge in [0, 0.05) is 12.2 Å². The Morgan fingerprint density at radius 1 is 1.12 bits per heavy atom. The van der Waals surface area contributed by atoms with Crippen molar-refractivity contribution in [3.05, 3.63) is 62.4 Å². The Balaban J connectivity index is 2.21. The second-order valence-corrected chi connectivity index (χ2v) is 3.75. The topological polar surface area (TPSA) is 77.8 Å². The van der Waals surface area contributed by atoms with Crippen molar-refractivity contribution >= 4 is 5.69 Å². The maximum atomic E-state index is 11.5. The van der Waals surface area contributed by atoms with Crippen molar-refractivity contribution in [1.82, 2.24) is 9.97 Å². The van der Waals surface area contributed by atoms with Gasteiger partial charge in [-0.3, -0.25) is 9.78 Å². The highest BCUT2D eigenvalue weighted by atomic mass is 16.2. The zero-order chi connectivity index (χ0) is 12.3. The van der Waals surface area contributed by atoms with Crippen molar-refractivity contribution in [3.8, 4) is 0 Å². The van der Waals surface area contributed by atoms with E-state index in [0.717, 1.165) is 5.56 Å². The lowest BCUT2D eigenvalue weighted by Gasteiger charge is -2.07. The molecule has 0 aliphatic heterocycles. The summed E-state index contributed by atoms with van der Waals surface area (Å²) in [7, 11) is 0. The van der Waals surface area contributed by atoms with Gasteiger partial charge in [-0.15, -0.1) is 0 Å². The molecule has 0 spiro atoms. The Morgan fingerprint density at radius 2 is 1.82 bits per heavy atom. The molecule has 17 heavy (non-hydrogen) atoms. The van der Waals surface area contributed by atoms with E-state index in [1.165, 1.54) is 0 Å². The molecular formula is C12H13N3O2. The third kappa shape index (κ3) is 2.63. The van der Waals surface area contributed by atoms with E-state index in [1.54, 1.807) is 6.92 Å². The maximum absolute atomic E-state index is 11.5. The van der Waals surface area contributed by atoms with Crippen LogP contribution in [-0.4, -0.2) is 9.97 Å². The summed E-state index contributed by atoms with van der Waals surface area (Å²) < 4.78 is 0. The van der Waals surface area contributed by atoms with Gasteiger partial charge in [0.1, 0.15) is 5.69 Å². The quantitative estimate of drug-likeness (QED) is 0.737. The molecule has 0 saturated carbocycles. The standard InChI is InChI=1S/C12H13N3O2/c1-8-10(11(16)15-12(17)14-8)13-7-9-5-3-2-4-6-9/h2-6,13H,7H2,1H3,(H2,14,15,16,17). The predicted molar refractivity (Wildman–Crippen MR) is 66.2 cm³/mol. The van der Waals surface area contributed by atoms with Gasteiger partial charge >= 0.3 is 5.69 Å². The van der Waals surface area contributed by atoms with E-state index in [4.69, 9.17) is 0 Å². The summed E-state index contributed by atoms with van der Waals surface area (Å²) in [6.07, 6.45) is 0. The molecule has 0 atom stereocenters. The number of anilines is 1. The highest BCUT2D eigenvalue weighted by Gasteiger charge is 2.04. The number of rotatable bonds is 3. The van der Waals surface area contributed by atoms with Crippen LogP contribution in [0.5, 0.6) is 0 Å². The fraction of sp³-hybridized carbons (Fsp3) is 0.167. The van der Waals surface area contributed by atoms with Gasteiger partial charge in [-0.25, -0.2) is 4.79 Å². The third-order valence-corrected chi connectivity index (χ3v) is 2.44. The summed E-state index contributed by atoms with van der Waals surface area (Å²) in [4.78, 5) is 27.3. The molecule has 1 aromatic carbocycles. The lowest BCUT2D eigenvalue weighted by molar-refractivity contribution is 0.979. The van der Waals surface area contributed by atoms with Gasteiger partial charge in [-0.2, -0.15) is 0 Å². The van der Waals surface area contributed by atoms with Crippen LogP contribution in [0.3, 0.4) is 0 Å². The third-order valence-electron chi connectivity index (χ3n) is 2.44. The van der Waals surface area contributed by atoms with Crippen molar-refractivity contribution in [2.24, 2.45) is 0 Å². The Kier molecular flexibility index (Phi) is 3.09. The highest BCUT2D eigenvalue weighted by Crippen LogP contribution is 2.05. The van der Waals surface area contributed by atoms with Gasteiger partial charge in [-0.1, -0.05) is 30.3 Å². The van der Waals surface area contributed by atoms with E-state index in [1.807, 2.05) is 30.3 Å². The fourth-order valence-corrected chi connectivity index (χ4v) is 1.60. The Bertz CT molecular complexity index is 614. The van der Waals surface area contributed by atoms with Gasteiger partial charge in [-0.05, 0) is 12.5 Å². The number of benzene rings is 1. The Morgan fingerprint density at radius 3 is 2.47 bits per heavy atom. The molecule has 0 fully saturated rings. The SMILES string of the molecule is Cc1[nH]c(=O)[nH]c(=O)c1NCc1ccccc1. The first kappa shape index (κ1) is 11.2. The molecule has 1 aromatic heterocycles. The van der Waals surface area contributed by atoms with Crippen molar-refractivity contribution < 1.29 is 0 Å². The molecule has 0 radical (unpaired) electrons. The highest BCUT2D eigenvalue weighted by molar-refractivity contribution is 5.45. The summed E-state index contributed by atoms with van der Waals surface area (Å²) >= 11 is 0. The molecule has 2 aromatic rings. The minimum atomic E-state index is -0.488. The first-order valence-corrected chi connectivity index (χ1v) is 5.28. The summed E-state index contributed by atoms with van der Waals surface area (Å²) in [6, 6.07) is 9.72. The van der Waals surface area contributed by atoms with Crippen molar-refractivity contribution in [2.45, 2.75) is 13.5 Å². The summed E-state index contributed by atoms with van der Waals surface area (Å²) in [5, 5.41) is 3.01. The molecule has 2 rings (SSSR count). The number of aromatic amines is 2.